The van der Waals surface area contributed by atoms with Crippen LogP contribution in [0.1, 0.15) is 86.5 Å². The van der Waals surface area contributed by atoms with Crippen molar-refractivity contribution in [1.82, 2.24) is 20.5 Å². The van der Waals surface area contributed by atoms with E-state index in [1.54, 1.807) is 0 Å². The van der Waals surface area contributed by atoms with Crippen LogP contribution < -0.4 is 15.4 Å². The van der Waals surface area contributed by atoms with Gasteiger partial charge in [0.25, 0.3) is 5.91 Å². The van der Waals surface area contributed by atoms with Crippen molar-refractivity contribution in [2.45, 2.75) is 77.3 Å². The first-order chi connectivity index (χ1) is 19.5. The van der Waals surface area contributed by atoms with E-state index in [1.807, 2.05) is 55.5 Å². The van der Waals surface area contributed by atoms with Crippen molar-refractivity contribution >= 4 is 22.7 Å². The molecule has 2 aromatic carbocycles. The smallest absolute Gasteiger partial charge is 0.268 e. The molecule has 3 aromatic rings. The fraction of sp³-hybridized carbons (Fsp3) is 0.515. The first-order valence-corrected chi connectivity index (χ1v) is 15.2. The lowest BCUT2D eigenvalue weighted by Crippen LogP contribution is -2.47. The SMILES string of the molecule is CCc1c(C(=O)N[C@@H](CCC2CC2)C(=O)NC(C)c2ccc(OCCN3CCCCC3)cc2)[nH]c2ccccc12. The zero-order valence-electron chi connectivity index (χ0n) is 24.0. The van der Waals surface area contributed by atoms with E-state index in [0.29, 0.717) is 24.6 Å². The number of nitrogens with zero attached hydrogens (tertiary/aromatic N) is 1. The van der Waals surface area contributed by atoms with Crippen LogP contribution in [-0.4, -0.2) is 54.0 Å². The van der Waals surface area contributed by atoms with E-state index in [2.05, 4.69) is 27.4 Å². The Balaban J connectivity index is 1.18. The Morgan fingerprint density at radius 1 is 1.02 bits per heavy atom. The zero-order valence-corrected chi connectivity index (χ0v) is 24.0. The van der Waals surface area contributed by atoms with E-state index < -0.39 is 6.04 Å². The number of piperidine rings is 1. The van der Waals surface area contributed by atoms with Gasteiger partial charge in [-0.25, -0.2) is 0 Å². The van der Waals surface area contributed by atoms with Crippen molar-refractivity contribution in [3.8, 4) is 5.75 Å². The van der Waals surface area contributed by atoms with Gasteiger partial charge in [0.15, 0.2) is 0 Å². The molecular formula is C33H44N4O3. The fourth-order valence-corrected chi connectivity index (χ4v) is 5.79. The summed E-state index contributed by atoms with van der Waals surface area (Å²) in [6.45, 7) is 8.02. The van der Waals surface area contributed by atoms with Crippen LogP contribution in [0.4, 0.5) is 0 Å². The van der Waals surface area contributed by atoms with E-state index in [-0.39, 0.29) is 17.9 Å². The minimum atomic E-state index is -0.580. The summed E-state index contributed by atoms with van der Waals surface area (Å²) in [4.78, 5) is 32.6. The topological polar surface area (TPSA) is 86.5 Å². The molecule has 2 amide bonds. The third-order valence-corrected chi connectivity index (χ3v) is 8.44. The molecule has 0 spiro atoms. The van der Waals surface area contributed by atoms with Crippen molar-refractivity contribution in [2.75, 3.05) is 26.2 Å². The molecule has 7 heteroatoms. The van der Waals surface area contributed by atoms with E-state index >= 15 is 0 Å². The summed E-state index contributed by atoms with van der Waals surface area (Å²) in [7, 11) is 0. The fourth-order valence-electron chi connectivity index (χ4n) is 5.79. The maximum atomic E-state index is 13.4. The molecule has 40 heavy (non-hydrogen) atoms. The molecule has 1 aliphatic carbocycles. The number of hydrogen-bond acceptors (Lipinski definition) is 4. The number of benzene rings is 2. The molecule has 2 fully saturated rings. The average molecular weight is 545 g/mol. The first kappa shape index (κ1) is 28.2. The summed E-state index contributed by atoms with van der Waals surface area (Å²) >= 11 is 0. The number of para-hydroxylation sites is 1. The van der Waals surface area contributed by atoms with Crippen LogP contribution in [0.5, 0.6) is 5.75 Å². The molecule has 2 aliphatic rings. The quantitative estimate of drug-likeness (QED) is 0.255. The van der Waals surface area contributed by atoms with Gasteiger partial charge in [-0.2, -0.15) is 0 Å². The number of aromatic nitrogens is 1. The Morgan fingerprint density at radius 3 is 2.50 bits per heavy atom. The van der Waals surface area contributed by atoms with Crippen LogP contribution in [0.2, 0.25) is 0 Å². The second-order valence-electron chi connectivity index (χ2n) is 11.5. The second kappa shape index (κ2) is 13.4. The molecule has 0 radical (unpaired) electrons. The number of ether oxygens (including phenoxy) is 1. The number of aromatic amines is 1. The number of amides is 2. The standard InChI is InChI=1S/C33H44N4O3/c1-3-27-28-9-5-6-10-29(28)35-31(27)33(39)36-30(18-13-24-11-12-24)32(38)34-23(2)25-14-16-26(17-15-25)40-22-21-37-19-7-4-8-20-37/h5-6,9-10,14-17,23-24,30,35H,3-4,7-8,11-13,18-22H2,1-2H3,(H,34,38)(H,36,39)/t23?,30-/m0/s1. The van der Waals surface area contributed by atoms with Gasteiger partial charge in [-0.3, -0.25) is 14.5 Å². The number of carbonyl (C=O) groups is 2. The van der Waals surface area contributed by atoms with E-state index in [1.165, 1.54) is 45.2 Å². The van der Waals surface area contributed by atoms with Crippen LogP contribution >= 0.6 is 0 Å². The molecule has 3 N–H and O–H groups in total. The molecule has 2 heterocycles. The van der Waals surface area contributed by atoms with Gasteiger partial charge < -0.3 is 20.4 Å². The minimum Gasteiger partial charge on any atom is -0.492 e. The monoisotopic (exact) mass is 544 g/mol. The van der Waals surface area contributed by atoms with Crippen molar-refractivity contribution in [3.05, 3.63) is 65.4 Å². The van der Waals surface area contributed by atoms with E-state index in [9.17, 15) is 9.59 Å². The van der Waals surface area contributed by atoms with Crippen molar-refractivity contribution in [2.24, 2.45) is 5.92 Å². The highest BCUT2D eigenvalue weighted by molar-refractivity contribution is 6.02. The molecular weight excluding hydrogens is 500 g/mol. The van der Waals surface area contributed by atoms with Crippen LogP contribution in [0.15, 0.2) is 48.5 Å². The van der Waals surface area contributed by atoms with Gasteiger partial charge >= 0.3 is 0 Å². The highest BCUT2D eigenvalue weighted by Crippen LogP contribution is 2.34. The van der Waals surface area contributed by atoms with Crippen molar-refractivity contribution in [1.29, 1.82) is 0 Å². The number of carbonyl (C=O) groups excluding carboxylic acids is 2. The maximum absolute atomic E-state index is 13.4. The average Bonchev–Trinajstić information content (AvgIpc) is 3.73. The van der Waals surface area contributed by atoms with Crippen LogP contribution in [-0.2, 0) is 11.2 Å². The summed E-state index contributed by atoms with van der Waals surface area (Å²) < 4.78 is 5.97. The third kappa shape index (κ3) is 7.25. The Kier molecular flexibility index (Phi) is 9.42. The zero-order chi connectivity index (χ0) is 27.9. The van der Waals surface area contributed by atoms with Gasteiger partial charge in [0.1, 0.15) is 24.1 Å². The Labute approximate surface area is 238 Å². The Morgan fingerprint density at radius 2 is 1.77 bits per heavy atom. The predicted octanol–water partition coefficient (Wildman–Crippen LogP) is 5.76. The Hall–Kier alpha value is -3.32. The van der Waals surface area contributed by atoms with Crippen molar-refractivity contribution < 1.29 is 14.3 Å². The molecule has 0 bridgehead atoms. The molecule has 214 valence electrons. The summed E-state index contributed by atoms with van der Waals surface area (Å²) in [6, 6.07) is 15.2. The second-order valence-corrected chi connectivity index (χ2v) is 11.5. The van der Waals surface area contributed by atoms with Gasteiger partial charge in [-0.05, 0) is 87.4 Å². The van der Waals surface area contributed by atoms with Gasteiger partial charge in [0.05, 0.1) is 6.04 Å². The normalized spacial score (nSPS) is 17.4. The highest BCUT2D eigenvalue weighted by Gasteiger charge is 2.29. The number of rotatable bonds is 13. The van der Waals surface area contributed by atoms with Crippen LogP contribution in [0, 0.1) is 5.92 Å². The molecule has 5 rings (SSSR count). The molecule has 1 saturated carbocycles. The first-order valence-electron chi connectivity index (χ1n) is 15.2. The summed E-state index contributed by atoms with van der Waals surface area (Å²) in [6.07, 6.45) is 8.66. The lowest BCUT2D eigenvalue weighted by atomic mass is 10.0. The number of aryl methyl sites for hydroxylation is 1. The summed E-state index contributed by atoms with van der Waals surface area (Å²) in [5, 5.41) is 7.27. The molecule has 1 aromatic heterocycles. The number of fused-ring (bicyclic) bond motifs is 1. The lowest BCUT2D eigenvalue weighted by Gasteiger charge is -2.26. The van der Waals surface area contributed by atoms with Gasteiger partial charge in [-0.15, -0.1) is 0 Å². The minimum absolute atomic E-state index is 0.141. The molecule has 1 saturated heterocycles. The van der Waals surface area contributed by atoms with Crippen molar-refractivity contribution in [3.63, 3.8) is 0 Å². The van der Waals surface area contributed by atoms with Crippen LogP contribution in [0.3, 0.4) is 0 Å². The highest BCUT2D eigenvalue weighted by atomic mass is 16.5. The maximum Gasteiger partial charge on any atom is 0.268 e. The predicted molar refractivity (Wildman–Crippen MR) is 160 cm³/mol. The van der Waals surface area contributed by atoms with Gasteiger partial charge in [-0.1, -0.05) is 56.5 Å². The number of hydrogen-bond donors (Lipinski definition) is 3. The number of likely N-dealkylation sites (tertiary alicyclic amines) is 1. The molecule has 1 aliphatic heterocycles. The molecule has 2 atom stereocenters. The van der Waals surface area contributed by atoms with Gasteiger partial charge in [0, 0.05) is 17.4 Å². The number of nitrogens with one attached hydrogen (secondary N) is 3. The molecule has 7 nitrogen and oxygen atoms in total. The summed E-state index contributed by atoms with van der Waals surface area (Å²) in [5.41, 5.74) is 3.49. The van der Waals surface area contributed by atoms with E-state index in [4.69, 9.17) is 4.74 Å². The summed E-state index contributed by atoms with van der Waals surface area (Å²) in [5.74, 6) is 1.16. The van der Waals surface area contributed by atoms with Crippen LogP contribution in [0.25, 0.3) is 10.9 Å². The lowest BCUT2D eigenvalue weighted by molar-refractivity contribution is -0.123. The van der Waals surface area contributed by atoms with Gasteiger partial charge in [0.2, 0.25) is 5.91 Å². The Bertz CT molecular complexity index is 1270. The van der Waals surface area contributed by atoms with E-state index in [0.717, 1.165) is 47.2 Å². The molecule has 1 unspecified atom stereocenters. The third-order valence-electron chi connectivity index (χ3n) is 8.44. The number of H-pyrrole nitrogens is 1. The largest absolute Gasteiger partial charge is 0.492 e.